The van der Waals surface area contributed by atoms with Crippen LogP contribution in [-0.4, -0.2) is 26.0 Å². The molecule has 0 spiro atoms. The number of imide groups is 1. The molecule has 0 fully saturated rings. The van der Waals surface area contributed by atoms with E-state index in [1.54, 1.807) is 18.2 Å². The maximum Gasteiger partial charge on any atom is 0.326 e. The minimum atomic E-state index is -0.746. The Balaban J connectivity index is 1.51. The van der Waals surface area contributed by atoms with Crippen LogP contribution in [0, 0.1) is 0 Å². The zero-order valence-electron chi connectivity index (χ0n) is 19.3. The Hall–Kier alpha value is -2.93. The van der Waals surface area contributed by atoms with E-state index in [1.165, 1.54) is 29.4 Å². The van der Waals surface area contributed by atoms with Crippen LogP contribution in [0.1, 0.15) is 34.3 Å². The minimum Gasteiger partial charge on any atom is -0.454 e. The molecule has 0 radical (unpaired) electrons. The zero-order chi connectivity index (χ0) is 25.1. The van der Waals surface area contributed by atoms with Crippen LogP contribution in [0.4, 0.5) is 16.2 Å². The van der Waals surface area contributed by atoms with Gasteiger partial charge in [-0.2, -0.15) is 0 Å². The van der Waals surface area contributed by atoms with Crippen molar-refractivity contribution in [2.75, 3.05) is 24.3 Å². The van der Waals surface area contributed by atoms with E-state index >= 15 is 0 Å². The highest BCUT2D eigenvalue weighted by Crippen LogP contribution is 2.43. The molecule has 0 aliphatic heterocycles. The second kappa shape index (κ2) is 10.8. The van der Waals surface area contributed by atoms with Crippen LogP contribution in [0.5, 0.6) is 11.5 Å². The summed E-state index contributed by atoms with van der Waals surface area (Å²) in [6.45, 7) is 0. The SMILES string of the molecule is CN(C)c1ccc(Oc2c(Cl)cc(NC(=O)NC(=O)c3ccccc3Cl)cc2Cl)c2c1CCCC2. The van der Waals surface area contributed by atoms with Gasteiger partial charge in [-0.25, -0.2) is 4.79 Å². The third kappa shape index (κ3) is 5.67. The average Bonchev–Trinajstić information content (AvgIpc) is 2.81. The number of anilines is 2. The second-order valence-corrected chi connectivity index (χ2v) is 9.62. The standard InChI is InChI=1S/C26H24Cl3N3O3/c1-32(2)22-11-12-23(17-8-4-3-7-16(17)22)35-24-20(28)13-15(14-21(24)29)30-26(34)31-25(33)18-9-5-6-10-19(18)27/h5-6,9-14H,3-4,7-8H2,1-2H3,(H2,30,31,33,34). The number of carbonyl (C=O) groups excluding carboxylic acids is 2. The van der Waals surface area contributed by atoms with Gasteiger partial charge >= 0.3 is 6.03 Å². The highest BCUT2D eigenvalue weighted by Gasteiger charge is 2.21. The van der Waals surface area contributed by atoms with Crippen molar-refractivity contribution < 1.29 is 14.3 Å². The molecule has 2 N–H and O–H groups in total. The summed E-state index contributed by atoms with van der Waals surface area (Å²) >= 11 is 19.0. The van der Waals surface area contributed by atoms with Crippen molar-refractivity contribution in [1.82, 2.24) is 5.32 Å². The predicted octanol–water partition coefficient (Wildman–Crippen LogP) is 7.35. The van der Waals surface area contributed by atoms with Crippen LogP contribution in [-0.2, 0) is 12.8 Å². The summed E-state index contributed by atoms with van der Waals surface area (Å²) in [6, 6.07) is 12.7. The molecule has 3 aromatic carbocycles. The van der Waals surface area contributed by atoms with E-state index in [9.17, 15) is 9.59 Å². The van der Waals surface area contributed by atoms with Crippen LogP contribution in [0.2, 0.25) is 15.1 Å². The Morgan fingerprint density at radius 1 is 0.886 bits per heavy atom. The molecule has 0 aromatic heterocycles. The number of hydrogen-bond donors (Lipinski definition) is 2. The third-order valence-electron chi connectivity index (χ3n) is 5.76. The maximum absolute atomic E-state index is 12.3. The van der Waals surface area contributed by atoms with E-state index in [0.717, 1.165) is 37.0 Å². The fourth-order valence-corrected chi connectivity index (χ4v) is 4.93. The van der Waals surface area contributed by atoms with Gasteiger partial charge in [-0.3, -0.25) is 10.1 Å². The molecule has 0 saturated heterocycles. The number of rotatable bonds is 5. The highest BCUT2D eigenvalue weighted by atomic mass is 35.5. The molecule has 9 heteroatoms. The Morgan fingerprint density at radius 3 is 2.20 bits per heavy atom. The Kier molecular flexibility index (Phi) is 7.75. The molecule has 182 valence electrons. The van der Waals surface area contributed by atoms with Gasteiger partial charge < -0.3 is 15.0 Å². The molecule has 3 aromatic rings. The molecule has 4 rings (SSSR count). The first-order chi connectivity index (χ1) is 16.7. The molecular weight excluding hydrogens is 509 g/mol. The molecule has 0 unspecified atom stereocenters. The number of hydrogen-bond acceptors (Lipinski definition) is 4. The molecule has 0 saturated carbocycles. The fourth-order valence-electron chi connectivity index (χ4n) is 4.15. The van der Waals surface area contributed by atoms with E-state index in [2.05, 4.69) is 15.5 Å². The largest absolute Gasteiger partial charge is 0.454 e. The smallest absolute Gasteiger partial charge is 0.326 e. The monoisotopic (exact) mass is 531 g/mol. The number of benzene rings is 3. The summed E-state index contributed by atoms with van der Waals surface area (Å²) in [5.74, 6) is 0.394. The molecule has 0 heterocycles. The van der Waals surface area contributed by atoms with Gasteiger partial charge in [-0.15, -0.1) is 0 Å². The number of ether oxygens (including phenoxy) is 1. The number of nitrogens with one attached hydrogen (secondary N) is 2. The molecule has 0 bridgehead atoms. The minimum absolute atomic E-state index is 0.188. The van der Waals surface area contributed by atoms with Crippen LogP contribution in [0.3, 0.4) is 0 Å². The van der Waals surface area contributed by atoms with Crippen molar-refractivity contribution in [2.24, 2.45) is 0 Å². The van der Waals surface area contributed by atoms with Gasteiger partial charge in [0.05, 0.1) is 20.6 Å². The first kappa shape index (κ1) is 25.2. The quantitative estimate of drug-likeness (QED) is 0.360. The number of fused-ring (bicyclic) bond motifs is 1. The predicted molar refractivity (Wildman–Crippen MR) is 142 cm³/mol. The molecule has 6 nitrogen and oxygen atoms in total. The van der Waals surface area contributed by atoms with Crippen molar-refractivity contribution in [3.05, 3.63) is 80.3 Å². The molecule has 1 aliphatic rings. The zero-order valence-corrected chi connectivity index (χ0v) is 21.5. The van der Waals surface area contributed by atoms with Crippen LogP contribution in [0.25, 0.3) is 0 Å². The van der Waals surface area contributed by atoms with Crippen molar-refractivity contribution in [3.63, 3.8) is 0 Å². The summed E-state index contributed by atoms with van der Waals surface area (Å²) in [5.41, 5.74) is 4.12. The van der Waals surface area contributed by atoms with Crippen molar-refractivity contribution in [3.8, 4) is 11.5 Å². The lowest BCUT2D eigenvalue weighted by Crippen LogP contribution is -2.34. The van der Waals surface area contributed by atoms with E-state index in [1.807, 2.05) is 26.2 Å². The van der Waals surface area contributed by atoms with Crippen LogP contribution >= 0.6 is 34.8 Å². The molecular formula is C26H24Cl3N3O3. The van der Waals surface area contributed by atoms with Crippen molar-refractivity contribution >= 4 is 58.1 Å². The van der Waals surface area contributed by atoms with Gasteiger partial charge in [0.1, 0.15) is 5.75 Å². The lowest BCUT2D eigenvalue weighted by molar-refractivity contribution is 0.0967. The number of carbonyl (C=O) groups is 2. The van der Waals surface area contributed by atoms with Crippen molar-refractivity contribution in [1.29, 1.82) is 0 Å². The van der Waals surface area contributed by atoms with E-state index in [4.69, 9.17) is 39.5 Å². The summed E-state index contributed by atoms with van der Waals surface area (Å²) in [4.78, 5) is 26.8. The average molecular weight is 533 g/mol. The topological polar surface area (TPSA) is 70.7 Å². The molecule has 35 heavy (non-hydrogen) atoms. The highest BCUT2D eigenvalue weighted by molar-refractivity contribution is 6.38. The van der Waals surface area contributed by atoms with Gasteiger partial charge in [0.25, 0.3) is 5.91 Å². The van der Waals surface area contributed by atoms with Gasteiger partial charge in [-0.1, -0.05) is 46.9 Å². The van der Waals surface area contributed by atoms with Crippen LogP contribution in [0.15, 0.2) is 48.5 Å². The number of halogens is 3. The Morgan fingerprint density at radius 2 is 1.54 bits per heavy atom. The van der Waals surface area contributed by atoms with Gasteiger partial charge in [-0.05, 0) is 67.6 Å². The van der Waals surface area contributed by atoms with E-state index in [-0.39, 0.29) is 20.6 Å². The van der Waals surface area contributed by atoms with Crippen LogP contribution < -0.4 is 20.3 Å². The second-order valence-electron chi connectivity index (χ2n) is 8.40. The van der Waals surface area contributed by atoms with Gasteiger partial charge in [0, 0.05) is 31.0 Å². The third-order valence-corrected chi connectivity index (χ3v) is 6.65. The van der Waals surface area contributed by atoms with Gasteiger partial charge in [0.2, 0.25) is 0 Å². The van der Waals surface area contributed by atoms with E-state index < -0.39 is 11.9 Å². The fraction of sp³-hybridized carbons (Fsp3) is 0.231. The lowest BCUT2D eigenvalue weighted by Gasteiger charge is -2.26. The summed E-state index contributed by atoms with van der Waals surface area (Å²) < 4.78 is 6.19. The number of urea groups is 1. The molecule has 3 amide bonds. The summed E-state index contributed by atoms with van der Waals surface area (Å²) in [5, 5.41) is 5.49. The summed E-state index contributed by atoms with van der Waals surface area (Å²) in [6.07, 6.45) is 4.14. The Bertz CT molecular complexity index is 1270. The molecule has 0 atom stereocenters. The van der Waals surface area contributed by atoms with Crippen molar-refractivity contribution in [2.45, 2.75) is 25.7 Å². The first-order valence-electron chi connectivity index (χ1n) is 11.1. The normalized spacial score (nSPS) is 12.5. The lowest BCUT2D eigenvalue weighted by atomic mass is 9.89. The summed E-state index contributed by atoms with van der Waals surface area (Å²) in [7, 11) is 4.06. The van der Waals surface area contributed by atoms with E-state index in [0.29, 0.717) is 11.4 Å². The Labute approximate surface area is 219 Å². The van der Waals surface area contributed by atoms with Gasteiger partial charge in [0.15, 0.2) is 5.75 Å². The number of nitrogens with zero attached hydrogens (tertiary/aromatic N) is 1. The maximum atomic E-state index is 12.3. The first-order valence-corrected chi connectivity index (χ1v) is 12.2. The number of amides is 3. The molecule has 1 aliphatic carbocycles.